The Bertz CT molecular complexity index is 1560. The molecule has 2 N–H and O–H groups in total. The zero-order valence-corrected chi connectivity index (χ0v) is 24.0. The van der Waals surface area contributed by atoms with Crippen molar-refractivity contribution in [2.45, 2.75) is 18.6 Å². The number of carbonyl (C=O) groups is 1. The second-order valence-electron chi connectivity index (χ2n) is 10.8. The van der Waals surface area contributed by atoms with E-state index >= 15 is 0 Å². The molecule has 3 atom stereocenters. The van der Waals surface area contributed by atoms with Crippen molar-refractivity contribution in [1.29, 1.82) is 0 Å². The highest BCUT2D eigenvalue weighted by atomic mass is 35.5. The minimum absolute atomic E-state index is 0.000893. The summed E-state index contributed by atoms with van der Waals surface area (Å²) in [5.41, 5.74) is 2.45. The maximum Gasteiger partial charge on any atom is 0.248 e. The molecule has 42 heavy (non-hydrogen) atoms. The smallest absolute Gasteiger partial charge is 0.248 e. The number of fused-ring (bicyclic) bond motifs is 2. The summed E-state index contributed by atoms with van der Waals surface area (Å²) in [6, 6.07) is 8.03. The number of likely N-dealkylation sites (tertiary alicyclic amines) is 2. The van der Waals surface area contributed by atoms with E-state index in [2.05, 4.69) is 49.3 Å². The molecular weight excluding hydrogens is 559 g/mol. The molecule has 218 valence electrons. The third kappa shape index (κ3) is 6.72. The molecule has 3 unspecified atom stereocenters. The molecule has 6 rings (SSSR count). The van der Waals surface area contributed by atoms with Crippen LogP contribution in [0.2, 0.25) is 5.02 Å². The Morgan fingerprint density at radius 3 is 2.71 bits per heavy atom. The van der Waals surface area contributed by atoms with Gasteiger partial charge >= 0.3 is 0 Å². The van der Waals surface area contributed by atoms with Gasteiger partial charge in [0.2, 0.25) is 5.91 Å². The number of carbonyl (C=O) groups excluding carboxylic acids is 1. The molecule has 3 aliphatic heterocycles. The Morgan fingerprint density at radius 1 is 1.17 bits per heavy atom. The average molecular weight is 591 g/mol. The van der Waals surface area contributed by atoms with Gasteiger partial charge < -0.3 is 25.0 Å². The van der Waals surface area contributed by atoms with Crippen molar-refractivity contribution < 1.29 is 18.7 Å². The zero-order valence-electron chi connectivity index (χ0n) is 23.3. The average Bonchev–Trinajstić information content (AvgIpc) is 3.59. The number of amides is 1. The molecular formula is C31H32ClFN6O3. The van der Waals surface area contributed by atoms with E-state index in [1.165, 1.54) is 24.5 Å². The largest absolute Gasteiger partial charge is 0.372 e. The Morgan fingerprint density at radius 2 is 1.98 bits per heavy atom. The predicted molar refractivity (Wildman–Crippen MR) is 160 cm³/mol. The van der Waals surface area contributed by atoms with E-state index in [4.69, 9.17) is 21.1 Å². The minimum Gasteiger partial charge on any atom is -0.372 e. The molecule has 0 aliphatic carbocycles. The van der Waals surface area contributed by atoms with Gasteiger partial charge in [-0.15, -0.1) is 0 Å². The number of nitrogens with one attached hydrogen (secondary N) is 2. The van der Waals surface area contributed by atoms with Gasteiger partial charge in [-0.2, -0.15) is 0 Å². The SMILES string of the molecule is CN1CCC(C#Cc2cc3ncnc(Nc4ccc(F)c(Cl)c4)c3cc2NC(=O)/C=C/CN2CC3OCCOC3C2)C1. The monoisotopic (exact) mass is 590 g/mol. The third-order valence-electron chi connectivity index (χ3n) is 7.69. The zero-order chi connectivity index (χ0) is 29.1. The first-order valence-electron chi connectivity index (χ1n) is 14.1. The van der Waals surface area contributed by atoms with Gasteiger partial charge in [0.25, 0.3) is 0 Å². The van der Waals surface area contributed by atoms with Gasteiger partial charge in [-0.05, 0) is 50.3 Å². The lowest BCUT2D eigenvalue weighted by atomic mass is 10.1. The van der Waals surface area contributed by atoms with Crippen LogP contribution >= 0.6 is 11.6 Å². The number of hydrogen-bond donors (Lipinski definition) is 2. The van der Waals surface area contributed by atoms with Gasteiger partial charge in [0.15, 0.2) is 0 Å². The Labute approximate surface area is 249 Å². The minimum atomic E-state index is -0.505. The van der Waals surface area contributed by atoms with E-state index < -0.39 is 5.82 Å². The Hall–Kier alpha value is -3.59. The molecule has 0 bridgehead atoms. The second kappa shape index (κ2) is 12.7. The Balaban J connectivity index is 1.24. The molecule has 3 aliphatic rings. The van der Waals surface area contributed by atoms with Crippen LogP contribution in [0.5, 0.6) is 0 Å². The fraction of sp³-hybridized carbons (Fsp3) is 0.387. The number of benzene rings is 2. The maximum atomic E-state index is 13.7. The van der Waals surface area contributed by atoms with Crippen molar-refractivity contribution in [1.82, 2.24) is 19.8 Å². The molecule has 3 fully saturated rings. The third-order valence-corrected chi connectivity index (χ3v) is 7.98. The van der Waals surface area contributed by atoms with Crippen LogP contribution in [0.3, 0.4) is 0 Å². The summed E-state index contributed by atoms with van der Waals surface area (Å²) in [5.74, 6) is 6.65. The van der Waals surface area contributed by atoms with Crippen molar-refractivity contribution in [3.63, 3.8) is 0 Å². The predicted octanol–water partition coefficient (Wildman–Crippen LogP) is 4.06. The standard InChI is InChI=1S/C31H32ClFN6O3/c1-38-10-8-20(16-38)4-5-21-13-27-23(31(35-19-34-27)36-22-6-7-25(33)24(32)14-22)15-26(21)37-30(40)3-2-9-39-17-28-29(18-39)42-12-11-41-28/h2-3,6-7,13-15,19-20,28-29H,8-12,16-18H2,1H3,(H,37,40)(H,34,35,36)/b3-2+. The van der Waals surface area contributed by atoms with E-state index in [1.54, 1.807) is 6.07 Å². The van der Waals surface area contributed by atoms with Crippen molar-refractivity contribution in [3.8, 4) is 11.8 Å². The van der Waals surface area contributed by atoms with Gasteiger partial charge in [0.1, 0.15) is 18.0 Å². The van der Waals surface area contributed by atoms with Crippen LogP contribution in [0, 0.1) is 23.6 Å². The lowest BCUT2D eigenvalue weighted by Crippen LogP contribution is -2.36. The molecule has 0 spiro atoms. The molecule has 1 aromatic heterocycles. The molecule has 0 saturated carbocycles. The van der Waals surface area contributed by atoms with Crippen LogP contribution in [0.1, 0.15) is 12.0 Å². The van der Waals surface area contributed by atoms with Crippen LogP contribution in [0.15, 0.2) is 48.8 Å². The van der Waals surface area contributed by atoms with E-state index in [9.17, 15) is 9.18 Å². The highest BCUT2D eigenvalue weighted by molar-refractivity contribution is 6.31. The first kappa shape index (κ1) is 28.5. The fourth-order valence-electron chi connectivity index (χ4n) is 5.52. The molecule has 3 saturated heterocycles. The molecule has 1 amide bonds. The number of halogens is 2. The first-order valence-corrected chi connectivity index (χ1v) is 14.4. The second-order valence-corrected chi connectivity index (χ2v) is 11.2. The molecule has 3 aromatic rings. The van der Waals surface area contributed by atoms with E-state index in [-0.39, 0.29) is 29.1 Å². The number of nitrogens with zero attached hydrogens (tertiary/aromatic N) is 4. The topological polar surface area (TPSA) is 91.9 Å². The summed E-state index contributed by atoms with van der Waals surface area (Å²) in [5, 5.41) is 6.87. The van der Waals surface area contributed by atoms with Crippen molar-refractivity contribution in [2.75, 3.05) is 63.6 Å². The normalized spacial score (nSPS) is 22.7. The highest BCUT2D eigenvalue weighted by Crippen LogP contribution is 2.30. The quantitative estimate of drug-likeness (QED) is 0.328. The van der Waals surface area contributed by atoms with Crippen LogP contribution in [-0.4, -0.2) is 90.9 Å². The van der Waals surface area contributed by atoms with E-state index in [1.807, 2.05) is 18.2 Å². The summed E-state index contributed by atoms with van der Waals surface area (Å²) in [6.07, 6.45) is 6.03. The summed E-state index contributed by atoms with van der Waals surface area (Å²) < 4.78 is 25.3. The van der Waals surface area contributed by atoms with E-state index in [0.29, 0.717) is 53.4 Å². The number of rotatable bonds is 6. The lowest BCUT2D eigenvalue weighted by molar-refractivity contribution is -0.116. The van der Waals surface area contributed by atoms with Crippen molar-refractivity contribution >= 4 is 45.6 Å². The van der Waals surface area contributed by atoms with Crippen LogP contribution in [0.4, 0.5) is 21.6 Å². The van der Waals surface area contributed by atoms with E-state index in [0.717, 1.165) is 32.6 Å². The van der Waals surface area contributed by atoms with Crippen LogP contribution in [0.25, 0.3) is 10.9 Å². The molecule has 9 nitrogen and oxygen atoms in total. The number of anilines is 3. The summed E-state index contributed by atoms with van der Waals surface area (Å²) in [7, 11) is 2.09. The molecule has 2 aromatic carbocycles. The lowest BCUT2D eigenvalue weighted by Gasteiger charge is -2.24. The summed E-state index contributed by atoms with van der Waals surface area (Å²) in [6.45, 7) is 5.37. The molecule has 11 heteroatoms. The van der Waals surface area contributed by atoms with Gasteiger partial charge in [0.05, 0.1) is 47.2 Å². The van der Waals surface area contributed by atoms with Gasteiger partial charge in [-0.1, -0.05) is 29.5 Å². The highest BCUT2D eigenvalue weighted by Gasteiger charge is 2.35. The van der Waals surface area contributed by atoms with Gasteiger partial charge in [-0.25, -0.2) is 14.4 Å². The summed E-state index contributed by atoms with van der Waals surface area (Å²) in [4.78, 5) is 26.4. The molecule has 0 radical (unpaired) electrons. The van der Waals surface area contributed by atoms with Crippen molar-refractivity contribution in [2.24, 2.45) is 5.92 Å². The Kier molecular flexibility index (Phi) is 8.65. The molecule has 4 heterocycles. The summed E-state index contributed by atoms with van der Waals surface area (Å²) >= 11 is 5.98. The number of ether oxygens (including phenoxy) is 2. The van der Waals surface area contributed by atoms with Crippen LogP contribution in [-0.2, 0) is 14.3 Å². The van der Waals surface area contributed by atoms with Crippen molar-refractivity contribution in [3.05, 3.63) is 65.2 Å². The number of hydrogen-bond acceptors (Lipinski definition) is 8. The van der Waals surface area contributed by atoms with Crippen LogP contribution < -0.4 is 10.6 Å². The maximum absolute atomic E-state index is 13.7. The fourth-order valence-corrected chi connectivity index (χ4v) is 5.70. The number of aromatic nitrogens is 2. The van der Waals surface area contributed by atoms with Gasteiger partial charge in [-0.3, -0.25) is 9.69 Å². The van der Waals surface area contributed by atoms with Gasteiger partial charge in [0, 0.05) is 49.2 Å². The first-order chi connectivity index (χ1) is 20.4.